The highest BCUT2D eigenvalue weighted by Crippen LogP contribution is 2.20. The van der Waals surface area contributed by atoms with Crippen LogP contribution in [0.25, 0.3) is 0 Å². The summed E-state index contributed by atoms with van der Waals surface area (Å²) in [7, 11) is -3.21. The minimum atomic E-state index is -3.21. The van der Waals surface area contributed by atoms with Crippen LogP contribution in [0.5, 0.6) is 0 Å². The first-order chi connectivity index (χ1) is 8.57. The van der Waals surface area contributed by atoms with E-state index < -0.39 is 9.84 Å². The van der Waals surface area contributed by atoms with Crippen LogP contribution in [0, 0.1) is 0 Å². The zero-order valence-electron chi connectivity index (χ0n) is 10.3. The molecular weight excluding hydrogens is 252 g/mol. The van der Waals surface area contributed by atoms with Gasteiger partial charge in [0.2, 0.25) is 0 Å². The third-order valence-electron chi connectivity index (χ3n) is 2.81. The number of rotatable bonds is 4. The molecule has 2 N–H and O–H groups in total. The molecule has 1 aromatic carbocycles. The Balaban J connectivity index is 2.05. The van der Waals surface area contributed by atoms with Gasteiger partial charge in [-0.3, -0.25) is 0 Å². The van der Waals surface area contributed by atoms with E-state index in [1.807, 2.05) is 6.07 Å². The summed E-state index contributed by atoms with van der Waals surface area (Å²) in [5.41, 5.74) is 0.633. The predicted molar refractivity (Wildman–Crippen MR) is 70.7 cm³/mol. The fourth-order valence-corrected chi connectivity index (χ4v) is 2.78. The monoisotopic (exact) mass is 270 g/mol. The van der Waals surface area contributed by atoms with E-state index in [0.29, 0.717) is 23.7 Å². The highest BCUT2D eigenvalue weighted by molar-refractivity contribution is 7.90. The molecule has 1 fully saturated rings. The number of hydrogen-bond acceptors (Lipinski definition) is 5. The summed E-state index contributed by atoms with van der Waals surface area (Å²) in [6, 6.07) is 6.92. The standard InChI is InChI=1S/C12H18N2O3S/c1-18(15,16)12-5-3-2-4-11(12)14-9-10-8-13-6-7-17-10/h2-5,10,13-14H,6-9H2,1H3. The van der Waals surface area contributed by atoms with Crippen molar-refractivity contribution in [3.63, 3.8) is 0 Å². The Hall–Kier alpha value is -1.11. The van der Waals surface area contributed by atoms with Crippen molar-refractivity contribution in [2.75, 3.05) is 37.8 Å². The molecule has 0 aliphatic carbocycles. The van der Waals surface area contributed by atoms with E-state index in [4.69, 9.17) is 4.74 Å². The number of hydrogen-bond donors (Lipinski definition) is 2. The SMILES string of the molecule is CS(=O)(=O)c1ccccc1NCC1CNCCO1. The molecule has 5 nitrogen and oxygen atoms in total. The maximum atomic E-state index is 11.6. The number of sulfone groups is 1. The van der Waals surface area contributed by atoms with Crippen LogP contribution in [0.15, 0.2) is 29.2 Å². The maximum absolute atomic E-state index is 11.6. The lowest BCUT2D eigenvalue weighted by Gasteiger charge is -2.24. The van der Waals surface area contributed by atoms with Gasteiger partial charge in [0.25, 0.3) is 0 Å². The predicted octanol–water partition coefficient (Wildman–Crippen LogP) is 0.490. The van der Waals surface area contributed by atoms with Crippen LogP contribution in [0.1, 0.15) is 0 Å². The molecule has 1 aliphatic heterocycles. The minimum absolute atomic E-state index is 0.0753. The molecule has 1 unspecified atom stereocenters. The molecule has 18 heavy (non-hydrogen) atoms. The lowest BCUT2D eigenvalue weighted by molar-refractivity contribution is 0.0372. The van der Waals surface area contributed by atoms with Crippen LogP contribution < -0.4 is 10.6 Å². The third kappa shape index (κ3) is 3.44. The fraction of sp³-hybridized carbons (Fsp3) is 0.500. The van der Waals surface area contributed by atoms with Gasteiger partial charge in [0.15, 0.2) is 9.84 Å². The second-order valence-corrected chi connectivity index (χ2v) is 6.33. The summed E-state index contributed by atoms with van der Waals surface area (Å²) in [6.07, 6.45) is 1.29. The van der Waals surface area contributed by atoms with Gasteiger partial charge in [-0.25, -0.2) is 8.42 Å². The normalized spacial score (nSPS) is 20.6. The lowest BCUT2D eigenvalue weighted by Crippen LogP contribution is -2.42. The summed E-state index contributed by atoms with van der Waals surface area (Å²) < 4.78 is 28.8. The number of nitrogens with one attached hydrogen (secondary N) is 2. The molecule has 0 saturated carbocycles. The zero-order valence-corrected chi connectivity index (χ0v) is 11.2. The molecular formula is C12H18N2O3S. The van der Waals surface area contributed by atoms with Crippen molar-refractivity contribution in [2.24, 2.45) is 0 Å². The van der Waals surface area contributed by atoms with Crippen LogP contribution in [0.2, 0.25) is 0 Å². The van der Waals surface area contributed by atoms with Gasteiger partial charge in [-0.2, -0.15) is 0 Å². The van der Waals surface area contributed by atoms with E-state index in [1.165, 1.54) is 6.26 Å². The Labute approximate surface area is 107 Å². The van der Waals surface area contributed by atoms with Crippen molar-refractivity contribution < 1.29 is 13.2 Å². The van der Waals surface area contributed by atoms with Gasteiger partial charge in [-0.15, -0.1) is 0 Å². The topological polar surface area (TPSA) is 67.4 Å². The number of para-hydroxylation sites is 1. The number of benzene rings is 1. The zero-order chi connectivity index (χ0) is 13.0. The van der Waals surface area contributed by atoms with Gasteiger partial charge in [-0.05, 0) is 12.1 Å². The Morgan fingerprint density at radius 3 is 2.89 bits per heavy atom. The van der Waals surface area contributed by atoms with Gasteiger partial charge < -0.3 is 15.4 Å². The van der Waals surface area contributed by atoms with Gasteiger partial charge in [0.05, 0.1) is 23.3 Å². The molecule has 0 bridgehead atoms. The average Bonchev–Trinajstić information content (AvgIpc) is 2.37. The molecule has 1 aromatic rings. The van der Waals surface area contributed by atoms with Crippen LogP contribution in [0.3, 0.4) is 0 Å². The molecule has 6 heteroatoms. The molecule has 100 valence electrons. The highest BCUT2D eigenvalue weighted by atomic mass is 32.2. The number of morpholine rings is 1. The first kappa shape index (κ1) is 13.3. The van der Waals surface area contributed by atoms with Crippen LogP contribution >= 0.6 is 0 Å². The molecule has 0 radical (unpaired) electrons. The summed E-state index contributed by atoms with van der Waals surface area (Å²) >= 11 is 0. The van der Waals surface area contributed by atoms with Crippen molar-refractivity contribution >= 4 is 15.5 Å². The Morgan fingerprint density at radius 2 is 2.22 bits per heavy atom. The average molecular weight is 270 g/mol. The van der Waals surface area contributed by atoms with Crippen molar-refractivity contribution in [2.45, 2.75) is 11.0 Å². The molecule has 1 atom stereocenters. The largest absolute Gasteiger partial charge is 0.381 e. The summed E-state index contributed by atoms with van der Waals surface area (Å²) in [6.45, 7) is 2.95. The van der Waals surface area contributed by atoms with E-state index in [-0.39, 0.29) is 6.10 Å². The van der Waals surface area contributed by atoms with E-state index in [1.54, 1.807) is 18.2 Å². The smallest absolute Gasteiger partial charge is 0.177 e. The van der Waals surface area contributed by atoms with Crippen LogP contribution in [-0.4, -0.2) is 47.0 Å². The van der Waals surface area contributed by atoms with E-state index >= 15 is 0 Å². The van der Waals surface area contributed by atoms with Gasteiger partial charge in [0.1, 0.15) is 0 Å². The summed E-state index contributed by atoms with van der Waals surface area (Å²) in [5.74, 6) is 0. The molecule has 0 amide bonds. The van der Waals surface area contributed by atoms with Crippen LogP contribution in [0.4, 0.5) is 5.69 Å². The van der Waals surface area contributed by atoms with Crippen molar-refractivity contribution in [3.8, 4) is 0 Å². The van der Waals surface area contributed by atoms with E-state index in [0.717, 1.165) is 13.1 Å². The Morgan fingerprint density at radius 1 is 1.44 bits per heavy atom. The molecule has 1 saturated heterocycles. The maximum Gasteiger partial charge on any atom is 0.177 e. The second-order valence-electron chi connectivity index (χ2n) is 4.35. The summed E-state index contributed by atoms with van der Waals surface area (Å²) in [4.78, 5) is 0.328. The van der Waals surface area contributed by atoms with Crippen molar-refractivity contribution in [1.82, 2.24) is 5.32 Å². The van der Waals surface area contributed by atoms with Crippen LogP contribution in [-0.2, 0) is 14.6 Å². The van der Waals surface area contributed by atoms with Gasteiger partial charge in [-0.1, -0.05) is 12.1 Å². The Bertz CT molecular complexity index is 496. The first-order valence-electron chi connectivity index (χ1n) is 5.92. The number of ether oxygens (including phenoxy) is 1. The summed E-state index contributed by atoms with van der Waals surface area (Å²) in [5, 5.41) is 6.38. The Kier molecular flexibility index (Phi) is 4.21. The first-order valence-corrected chi connectivity index (χ1v) is 7.82. The molecule has 1 heterocycles. The van der Waals surface area contributed by atoms with E-state index in [2.05, 4.69) is 10.6 Å². The third-order valence-corrected chi connectivity index (χ3v) is 3.97. The van der Waals surface area contributed by atoms with Crippen molar-refractivity contribution in [1.29, 1.82) is 0 Å². The second kappa shape index (κ2) is 5.69. The molecule has 1 aliphatic rings. The van der Waals surface area contributed by atoms with Gasteiger partial charge in [0, 0.05) is 25.9 Å². The minimum Gasteiger partial charge on any atom is -0.381 e. The molecule has 2 rings (SSSR count). The molecule has 0 aromatic heterocycles. The highest BCUT2D eigenvalue weighted by Gasteiger charge is 2.16. The van der Waals surface area contributed by atoms with Crippen molar-refractivity contribution in [3.05, 3.63) is 24.3 Å². The van der Waals surface area contributed by atoms with Gasteiger partial charge >= 0.3 is 0 Å². The molecule has 0 spiro atoms. The lowest BCUT2D eigenvalue weighted by atomic mass is 10.2. The quantitative estimate of drug-likeness (QED) is 0.833. The van der Waals surface area contributed by atoms with E-state index in [9.17, 15) is 8.42 Å². The number of anilines is 1. The fourth-order valence-electron chi connectivity index (χ4n) is 1.91.